The van der Waals surface area contributed by atoms with E-state index in [2.05, 4.69) is 106 Å². The molecule has 1 atom stereocenters. The molecule has 0 aromatic rings. The second-order valence-electron chi connectivity index (χ2n) is 22.4. The summed E-state index contributed by atoms with van der Waals surface area (Å²) >= 11 is 0. The van der Waals surface area contributed by atoms with Gasteiger partial charge in [-0.1, -0.05) is 305 Å². The van der Waals surface area contributed by atoms with Crippen LogP contribution in [0.2, 0.25) is 0 Å². The zero-order chi connectivity index (χ0) is 56.4. The van der Waals surface area contributed by atoms with Gasteiger partial charge in [-0.05, 0) is 96.3 Å². The van der Waals surface area contributed by atoms with Gasteiger partial charge in [0.25, 0.3) is 0 Å². The van der Waals surface area contributed by atoms with Crippen LogP contribution in [0.25, 0.3) is 0 Å². The molecule has 0 aromatic carbocycles. The number of unbranched alkanes of at least 4 members (excludes halogenated alkanes) is 36. The molecule has 0 heterocycles. The summed E-state index contributed by atoms with van der Waals surface area (Å²) in [6.45, 7) is 6.49. The van der Waals surface area contributed by atoms with Crippen molar-refractivity contribution in [2.75, 3.05) is 13.2 Å². The van der Waals surface area contributed by atoms with Crippen LogP contribution in [0.3, 0.4) is 0 Å². The lowest BCUT2D eigenvalue weighted by Crippen LogP contribution is -2.30. The Bertz CT molecular complexity index is 1480. The van der Waals surface area contributed by atoms with Gasteiger partial charge in [-0.25, -0.2) is 0 Å². The molecule has 450 valence electrons. The highest BCUT2D eigenvalue weighted by Gasteiger charge is 2.19. The van der Waals surface area contributed by atoms with E-state index >= 15 is 0 Å². The van der Waals surface area contributed by atoms with Crippen LogP contribution in [-0.2, 0) is 28.6 Å². The Labute approximate surface area is 484 Å². The number of carbonyl (C=O) groups excluding carboxylic acids is 3. The molecule has 6 nitrogen and oxygen atoms in total. The fraction of sp³-hybridized carbons (Fsp3) is 0.764. The SMILES string of the molecule is CC/C=C\C/C=C\C/C=C\C/C=C\CCCCCCCCCCCCCCCCC(=O)OCC(COC(=O)CCCCCCCC)OC(=O)CCCCCCCCCCCCCC/C=C\C/C=C\C/C=C\CCCCCCC. The van der Waals surface area contributed by atoms with Crippen LogP contribution in [0.4, 0.5) is 0 Å². The summed E-state index contributed by atoms with van der Waals surface area (Å²) in [6.07, 6.45) is 87.8. The molecule has 1 unspecified atom stereocenters. The molecular weight excluding hydrogens is 961 g/mol. The van der Waals surface area contributed by atoms with E-state index in [1.54, 1.807) is 0 Å². The van der Waals surface area contributed by atoms with Crippen molar-refractivity contribution in [3.05, 3.63) is 85.1 Å². The van der Waals surface area contributed by atoms with E-state index in [1.165, 1.54) is 199 Å². The first-order valence-corrected chi connectivity index (χ1v) is 33.6. The van der Waals surface area contributed by atoms with Gasteiger partial charge in [-0.2, -0.15) is 0 Å². The van der Waals surface area contributed by atoms with Crippen LogP contribution in [0.15, 0.2) is 85.1 Å². The third-order valence-electron chi connectivity index (χ3n) is 14.6. The monoisotopic (exact) mass is 1090 g/mol. The number of hydrogen-bond acceptors (Lipinski definition) is 6. The Balaban J connectivity index is 4.05. The summed E-state index contributed by atoms with van der Waals surface area (Å²) in [7, 11) is 0. The number of rotatable bonds is 61. The van der Waals surface area contributed by atoms with Gasteiger partial charge in [0.1, 0.15) is 13.2 Å². The predicted octanol–water partition coefficient (Wildman–Crippen LogP) is 23.1. The van der Waals surface area contributed by atoms with Crippen molar-refractivity contribution in [1.82, 2.24) is 0 Å². The van der Waals surface area contributed by atoms with Crippen LogP contribution < -0.4 is 0 Å². The summed E-state index contributed by atoms with van der Waals surface area (Å²) < 4.78 is 16.8. The maximum absolute atomic E-state index is 12.9. The lowest BCUT2D eigenvalue weighted by molar-refractivity contribution is -0.167. The smallest absolute Gasteiger partial charge is 0.306 e. The first kappa shape index (κ1) is 74.6. The first-order chi connectivity index (χ1) is 38.5. The largest absolute Gasteiger partial charge is 0.462 e. The Hall–Kier alpha value is -3.41. The third kappa shape index (κ3) is 63.4. The molecule has 0 aliphatic rings. The molecule has 0 saturated carbocycles. The van der Waals surface area contributed by atoms with E-state index in [9.17, 15) is 14.4 Å². The Morgan fingerprint density at radius 1 is 0.269 bits per heavy atom. The van der Waals surface area contributed by atoms with Gasteiger partial charge in [0.2, 0.25) is 0 Å². The van der Waals surface area contributed by atoms with Gasteiger partial charge in [0.05, 0.1) is 0 Å². The summed E-state index contributed by atoms with van der Waals surface area (Å²) in [6, 6.07) is 0. The van der Waals surface area contributed by atoms with E-state index in [0.29, 0.717) is 19.3 Å². The summed E-state index contributed by atoms with van der Waals surface area (Å²) in [4.78, 5) is 38.1. The van der Waals surface area contributed by atoms with E-state index < -0.39 is 6.10 Å². The third-order valence-corrected chi connectivity index (χ3v) is 14.6. The number of ether oxygens (including phenoxy) is 3. The molecule has 0 aromatic heterocycles. The Morgan fingerprint density at radius 3 is 0.782 bits per heavy atom. The predicted molar refractivity (Wildman–Crippen MR) is 339 cm³/mol. The van der Waals surface area contributed by atoms with Crippen LogP contribution in [0.1, 0.15) is 335 Å². The minimum Gasteiger partial charge on any atom is -0.462 e. The molecule has 0 N–H and O–H groups in total. The van der Waals surface area contributed by atoms with Crippen molar-refractivity contribution < 1.29 is 28.6 Å². The molecule has 0 radical (unpaired) electrons. The van der Waals surface area contributed by atoms with Gasteiger partial charge >= 0.3 is 17.9 Å². The first-order valence-electron chi connectivity index (χ1n) is 33.6. The van der Waals surface area contributed by atoms with Gasteiger partial charge in [-0.3, -0.25) is 14.4 Å². The van der Waals surface area contributed by atoms with Crippen LogP contribution in [0, 0.1) is 0 Å². The van der Waals surface area contributed by atoms with Crippen molar-refractivity contribution in [1.29, 1.82) is 0 Å². The Morgan fingerprint density at radius 2 is 0.500 bits per heavy atom. The van der Waals surface area contributed by atoms with E-state index in [0.717, 1.165) is 96.3 Å². The fourth-order valence-electron chi connectivity index (χ4n) is 9.62. The number of carbonyl (C=O) groups is 3. The molecule has 78 heavy (non-hydrogen) atoms. The van der Waals surface area contributed by atoms with Gasteiger partial charge in [0.15, 0.2) is 6.10 Å². The second-order valence-corrected chi connectivity index (χ2v) is 22.4. The molecular formula is C72H126O6. The van der Waals surface area contributed by atoms with Crippen molar-refractivity contribution in [3.8, 4) is 0 Å². The van der Waals surface area contributed by atoms with Crippen LogP contribution in [0.5, 0.6) is 0 Å². The zero-order valence-electron chi connectivity index (χ0n) is 51.7. The quantitative estimate of drug-likeness (QED) is 0.0261. The number of hydrogen-bond donors (Lipinski definition) is 0. The second kappa shape index (κ2) is 66.1. The lowest BCUT2D eigenvalue weighted by Gasteiger charge is -2.18. The van der Waals surface area contributed by atoms with Gasteiger partial charge in [-0.15, -0.1) is 0 Å². The maximum atomic E-state index is 12.9. The van der Waals surface area contributed by atoms with Crippen molar-refractivity contribution in [3.63, 3.8) is 0 Å². The van der Waals surface area contributed by atoms with E-state index in [4.69, 9.17) is 14.2 Å². The average Bonchev–Trinajstić information content (AvgIpc) is 3.44. The molecule has 0 saturated heterocycles. The highest BCUT2D eigenvalue weighted by Crippen LogP contribution is 2.17. The van der Waals surface area contributed by atoms with Gasteiger partial charge in [0, 0.05) is 19.3 Å². The van der Waals surface area contributed by atoms with Crippen molar-refractivity contribution in [2.45, 2.75) is 341 Å². The molecule has 0 fully saturated rings. The topological polar surface area (TPSA) is 78.9 Å². The molecule has 0 aliphatic heterocycles. The fourth-order valence-corrected chi connectivity index (χ4v) is 9.62. The van der Waals surface area contributed by atoms with E-state index in [1.807, 2.05) is 0 Å². The summed E-state index contributed by atoms with van der Waals surface area (Å²) in [5.74, 6) is -0.873. The van der Waals surface area contributed by atoms with Gasteiger partial charge < -0.3 is 14.2 Å². The maximum Gasteiger partial charge on any atom is 0.306 e. The number of allylic oxidation sites excluding steroid dienone is 14. The van der Waals surface area contributed by atoms with Crippen LogP contribution in [-0.4, -0.2) is 37.2 Å². The molecule has 6 heteroatoms. The minimum atomic E-state index is -0.774. The molecule has 0 amide bonds. The number of esters is 3. The molecule has 0 rings (SSSR count). The minimum absolute atomic E-state index is 0.0745. The highest BCUT2D eigenvalue weighted by atomic mass is 16.6. The molecule has 0 bridgehead atoms. The summed E-state index contributed by atoms with van der Waals surface area (Å²) in [5, 5.41) is 0. The average molecular weight is 1090 g/mol. The lowest BCUT2D eigenvalue weighted by atomic mass is 10.0. The highest BCUT2D eigenvalue weighted by molar-refractivity contribution is 5.71. The van der Waals surface area contributed by atoms with Crippen LogP contribution >= 0.6 is 0 Å². The van der Waals surface area contributed by atoms with E-state index in [-0.39, 0.29) is 31.1 Å². The Kier molecular flexibility index (Phi) is 63.2. The molecule has 0 aliphatic carbocycles. The normalized spacial score (nSPS) is 12.6. The standard InChI is InChI=1S/C72H126O6/c1-4-7-10-13-16-18-20-22-24-26-28-30-32-34-36-38-40-42-44-46-48-50-52-54-56-59-62-65-71(74)77-68-69(67-76-70(73)64-61-58-15-12-9-6-3)78-72(75)66-63-60-57-55-53-51-49-47-45-43-41-39-37-35-33-31-29-27-25-23-21-19-17-14-11-8-5-2/h7,10,16,18,21-24,27-30,33,35,69H,4-6,8-9,11-15,17,19-20,25-26,31-32,34,36-68H2,1-3H3/b10-7-,18-16-,23-21-,24-22-,29-27-,30-28-,35-33-. The zero-order valence-corrected chi connectivity index (χ0v) is 51.7. The van der Waals surface area contributed by atoms with Crippen molar-refractivity contribution in [2.24, 2.45) is 0 Å². The summed E-state index contributed by atoms with van der Waals surface area (Å²) in [5.41, 5.74) is 0. The van der Waals surface area contributed by atoms with Crippen molar-refractivity contribution >= 4 is 17.9 Å². The molecule has 0 spiro atoms.